The number of hydrogen-bond acceptors (Lipinski definition) is 3. The molecule has 0 bridgehead atoms. The Kier molecular flexibility index (Phi) is 5.22. The van der Waals surface area contributed by atoms with E-state index in [9.17, 15) is 9.59 Å². The summed E-state index contributed by atoms with van der Waals surface area (Å²) in [5.74, 6) is 0.0144. The van der Waals surface area contributed by atoms with Crippen molar-refractivity contribution in [2.24, 2.45) is 0 Å². The molecule has 1 aromatic carbocycles. The van der Waals surface area contributed by atoms with Crippen LogP contribution in [0.4, 0.5) is 4.79 Å². The number of ether oxygens (including phenoxy) is 1. The van der Waals surface area contributed by atoms with Crippen molar-refractivity contribution in [2.45, 2.75) is 13.3 Å². The van der Waals surface area contributed by atoms with Crippen LogP contribution >= 0.6 is 15.9 Å². The molecule has 2 amide bonds. The van der Waals surface area contributed by atoms with Gasteiger partial charge in [-0.15, -0.1) is 0 Å². The minimum atomic E-state index is -0.331. The number of nitrogens with zero attached hydrogens (tertiary/aromatic N) is 2. The largest absolute Gasteiger partial charge is 0.453 e. The Morgan fingerprint density at radius 3 is 2.52 bits per heavy atom. The van der Waals surface area contributed by atoms with Crippen LogP contribution < -0.4 is 0 Å². The molecule has 1 heterocycles. The van der Waals surface area contributed by atoms with Gasteiger partial charge in [0.1, 0.15) is 0 Å². The number of benzene rings is 1. The number of carbonyl (C=O) groups excluding carboxylic acids is 2. The predicted octanol–water partition coefficient (Wildman–Crippen LogP) is 2.67. The highest BCUT2D eigenvalue weighted by atomic mass is 79.9. The van der Waals surface area contributed by atoms with Gasteiger partial charge in [-0.25, -0.2) is 4.79 Å². The number of methoxy groups -OCH3 is 1. The zero-order chi connectivity index (χ0) is 15.4. The molecule has 1 fully saturated rings. The molecule has 0 aliphatic carbocycles. The molecule has 114 valence electrons. The van der Waals surface area contributed by atoms with Gasteiger partial charge in [0.05, 0.1) is 7.11 Å². The molecule has 1 aromatic rings. The SMILES string of the molecule is COC(=O)N1CCCN(C(=O)c2cc(Br)ccc2C)CC1. The summed E-state index contributed by atoms with van der Waals surface area (Å²) >= 11 is 3.40. The maximum atomic E-state index is 12.6. The van der Waals surface area contributed by atoms with Gasteiger partial charge < -0.3 is 14.5 Å². The monoisotopic (exact) mass is 354 g/mol. The van der Waals surface area contributed by atoms with Crippen LogP contribution in [0, 0.1) is 6.92 Å². The van der Waals surface area contributed by atoms with Gasteiger partial charge in [0.2, 0.25) is 0 Å². The van der Waals surface area contributed by atoms with E-state index in [-0.39, 0.29) is 12.0 Å². The second-order valence-electron chi connectivity index (χ2n) is 5.06. The normalized spacial score (nSPS) is 15.6. The van der Waals surface area contributed by atoms with Crippen LogP contribution in [0.5, 0.6) is 0 Å². The Bertz CT molecular complexity index is 548. The third kappa shape index (κ3) is 3.75. The molecule has 1 aliphatic heterocycles. The number of rotatable bonds is 1. The Morgan fingerprint density at radius 1 is 1.14 bits per heavy atom. The van der Waals surface area contributed by atoms with Crippen molar-refractivity contribution in [1.82, 2.24) is 9.80 Å². The van der Waals surface area contributed by atoms with E-state index in [1.54, 1.807) is 9.80 Å². The summed E-state index contributed by atoms with van der Waals surface area (Å²) in [6, 6.07) is 5.70. The summed E-state index contributed by atoms with van der Waals surface area (Å²) in [5, 5.41) is 0. The molecule has 6 heteroatoms. The van der Waals surface area contributed by atoms with Crippen molar-refractivity contribution in [3.63, 3.8) is 0 Å². The maximum Gasteiger partial charge on any atom is 0.409 e. The lowest BCUT2D eigenvalue weighted by Gasteiger charge is -2.22. The van der Waals surface area contributed by atoms with Gasteiger partial charge in [0.15, 0.2) is 0 Å². The van der Waals surface area contributed by atoms with E-state index in [0.717, 1.165) is 16.5 Å². The third-order valence-electron chi connectivity index (χ3n) is 3.65. The third-order valence-corrected chi connectivity index (χ3v) is 4.14. The molecule has 0 spiro atoms. The van der Waals surface area contributed by atoms with Gasteiger partial charge in [-0.05, 0) is 31.0 Å². The minimum Gasteiger partial charge on any atom is -0.453 e. The summed E-state index contributed by atoms with van der Waals surface area (Å²) < 4.78 is 5.63. The molecule has 0 radical (unpaired) electrons. The Labute approximate surface area is 133 Å². The van der Waals surface area contributed by atoms with E-state index in [1.165, 1.54) is 7.11 Å². The Hall–Kier alpha value is -1.56. The fourth-order valence-corrected chi connectivity index (χ4v) is 2.79. The quantitative estimate of drug-likeness (QED) is 0.778. The van der Waals surface area contributed by atoms with Gasteiger partial charge in [0, 0.05) is 36.2 Å². The van der Waals surface area contributed by atoms with E-state index in [0.29, 0.717) is 31.7 Å². The lowest BCUT2D eigenvalue weighted by Crippen LogP contribution is -2.37. The first kappa shape index (κ1) is 15.8. The molecule has 0 atom stereocenters. The second-order valence-corrected chi connectivity index (χ2v) is 5.98. The van der Waals surface area contributed by atoms with E-state index in [4.69, 9.17) is 4.74 Å². The standard InChI is InChI=1S/C15H19BrN2O3/c1-11-4-5-12(16)10-13(11)14(19)17-6-3-7-18(9-8-17)15(20)21-2/h4-5,10H,3,6-9H2,1-2H3. The molecule has 1 aliphatic rings. The van der Waals surface area contributed by atoms with Crippen LogP contribution in [0.2, 0.25) is 0 Å². The van der Waals surface area contributed by atoms with Gasteiger partial charge in [-0.2, -0.15) is 0 Å². The summed E-state index contributed by atoms with van der Waals surface area (Å²) in [5.41, 5.74) is 1.66. The average molecular weight is 355 g/mol. The van der Waals surface area contributed by atoms with Gasteiger partial charge in [0.25, 0.3) is 5.91 Å². The van der Waals surface area contributed by atoms with E-state index in [2.05, 4.69) is 15.9 Å². The highest BCUT2D eigenvalue weighted by molar-refractivity contribution is 9.10. The lowest BCUT2D eigenvalue weighted by molar-refractivity contribution is 0.0756. The van der Waals surface area contributed by atoms with Crippen molar-refractivity contribution in [3.05, 3.63) is 33.8 Å². The summed E-state index contributed by atoms with van der Waals surface area (Å²) in [6.45, 7) is 4.23. The molecular formula is C15H19BrN2O3. The number of amides is 2. The van der Waals surface area contributed by atoms with E-state index >= 15 is 0 Å². The lowest BCUT2D eigenvalue weighted by atomic mass is 10.1. The van der Waals surface area contributed by atoms with Crippen LogP contribution in [-0.4, -0.2) is 55.1 Å². The Balaban J connectivity index is 2.10. The fraction of sp³-hybridized carbons (Fsp3) is 0.467. The van der Waals surface area contributed by atoms with Crippen molar-refractivity contribution in [1.29, 1.82) is 0 Å². The van der Waals surface area contributed by atoms with Crippen molar-refractivity contribution < 1.29 is 14.3 Å². The topological polar surface area (TPSA) is 49.9 Å². The van der Waals surface area contributed by atoms with Crippen LogP contribution in [0.15, 0.2) is 22.7 Å². The molecule has 21 heavy (non-hydrogen) atoms. The number of aryl methyl sites for hydroxylation is 1. The molecule has 0 saturated carbocycles. The Morgan fingerprint density at radius 2 is 1.81 bits per heavy atom. The summed E-state index contributed by atoms with van der Waals surface area (Å²) in [4.78, 5) is 27.6. The van der Waals surface area contributed by atoms with Crippen LogP contribution in [0.25, 0.3) is 0 Å². The van der Waals surface area contributed by atoms with E-state index < -0.39 is 0 Å². The smallest absolute Gasteiger partial charge is 0.409 e. The van der Waals surface area contributed by atoms with Crippen molar-refractivity contribution in [2.75, 3.05) is 33.3 Å². The molecule has 0 unspecified atom stereocenters. The van der Waals surface area contributed by atoms with Crippen molar-refractivity contribution >= 4 is 27.9 Å². The molecule has 5 nitrogen and oxygen atoms in total. The second kappa shape index (κ2) is 6.93. The highest BCUT2D eigenvalue weighted by Crippen LogP contribution is 2.18. The van der Waals surface area contributed by atoms with Crippen molar-refractivity contribution in [3.8, 4) is 0 Å². The van der Waals surface area contributed by atoms with Gasteiger partial charge in [-0.3, -0.25) is 4.79 Å². The summed E-state index contributed by atoms with van der Waals surface area (Å²) in [7, 11) is 1.38. The molecule has 1 saturated heterocycles. The first-order valence-corrected chi connectivity index (χ1v) is 7.70. The zero-order valence-corrected chi connectivity index (χ0v) is 13.9. The first-order valence-electron chi connectivity index (χ1n) is 6.91. The number of carbonyl (C=O) groups is 2. The van der Waals surface area contributed by atoms with Crippen LogP contribution in [0.3, 0.4) is 0 Å². The van der Waals surface area contributed by atoms with Gasteiger partial charge in [-0.1, -0.05) is 22.0 Å². The number of halogens is 1. The maximum absolute atomic E-state index is 12.6. The fourth-order valence-electron chi connectivity index (χ4n) is 2.43. The summed E-state index contributed by atoms with van der Waals surface area (Å²) in [6.07, 6.45) is 0.427. The van der Waals surface area contributed by atoms with Gasteiger partial charge >= 0.3 is 6.09 Å². The highest BCUT2D eigenvalue weighted by Gasteiger charge is 2.23. The average Bonchev–Trinajstić information content (AvgIpc) is 2.74. The first-order chi connectivity index (χ1) is 10.0. The molecule has 0 aromatic heterocycles. The molecule has 0 N–H and O–H groups in total. The minimum absolute atomic E-state index is 0.0144. The molecule has 2 rings (SSSR count). The predicted molar refractivity (Wildman–Crippen MR) is 83.4 cm³/mol. The van der Waals surface area contributed by atoms with Crippen LogP contribution in [-0.2, 0) is 4.74 Å². The van der Waals surface area contributed by atoms with E-state index in [1.807, 2.05) is 25.1 Å². The van der Waals surface area contributed by atoms with Crippen LogP contribution in [0.1, 0.15) is 22.3 Å². The molecular weight excluding hydrogens is 336 g/mol. The number of hydrogen-bond donors (Lipinski definition) is 0. The zero-order valence-electron chi connectivity index (χ0n) is 12.3.